The topological polar surface area (TPSA) is 38.3 Å². The Bertz CT molecular complexity index is 478. The number of halogens is 2. The van der Waals surface area contributed by atoms with Gasteiger partial charge in [-0.3, -0.25) is 4.79 Å². The minimum Gasteiger partial charge on any atom is -0.376 e. The fourth-order valence-corrected chi connectivity index (χ4v) is 2.00. The molecule has 0 radical (unpaired) electrons. The second-order valence-corrected chi connectivity index (χ2v) is 4.74. The highest BCUT2D eigenvalue weighted by Gasteiger charge is 2.38. The molecule has 18 heavy (non-hydrogen) atoms. The first-order chi connectivity index (χ1) is 8.44. The third-order valence-electron chi connectivity index (χ3n) is 3.48. The van der Waals surface area contributed by atoms with Gasteiger partial charge in [-0.05, 0) is 32.4 Å². The molecule has 0 spiro atoms. The van der Waals surface area contributed by atoms with E-state index in [0.29, 0.717) is 13.0 Å². The van der Waals surface area contributed by atoms with Crippen molar-refractivity contribution in [3.8, 4) is 0 Å². The molecule has 0 aromatic heterocycles. The van der Waals surface area contributed by atoms with Crippen LogP contribution in [0.15, 0.2) is 18.2 Å². The Hall–Kier alpha value is -1.49. The van der Waals surface area contributed by atoms with Crippen LogP contribution in [0.25, 0.3) is 0 Å². The zero-order chi connectivity index (χ0) is 13.3. The molecule has 2 unspecified atom stereocenters. The quantitative estimate of drug-likeness (QED) is 0.880. The lowest BCUT2D eigenvalue weighted by molar-refractivity contribution is 0.0724. The van der Waals surface area contributed by atoms with Crippen molar-refractivity contribution in [2.45, 2.75) is 31.9 Å². The van der Waals surface area contributed by atoms with Gasteiger partial charge in [0.05, 0.1) is 17.2 Å². The number of nitrogens with one attached hydrogen (secondary N) is 1. The van der Waals surface area contributed by atoms with Crippen LogP contribution < -0.4 is 5.32 Å². The van der Waals surface area contributed by atoms with Crippen molar-refractivity contribution in [1.29, 1.82) is 0 Å². The van der Waals surface area contributed by atoms with E-state index in [1.807, 2.05) is 13.8 Å². The standard InChI is InChI=1S/C13H15F2NO2/c1-8-13(2,6-7-18-8)16-12(17)9-4-3-5-10(14)11(9)15/h3-5,8H,6-7H2,1-2H3,(H,16,17). The van der Waals surface area contributed by atoms with Gasteiger partial charge in [0.2, 0.25) is 0 Å². The van der Waals surface area contributed by atoms with Crippen molar-refractivity contribution in [2.24, 2.45) is 0 Å². The highest BCUT2D eigenvalue weighted by Crippen LogP contribution is 2.25. The highest BCUT2D eigenvalue weighted by atomic mass is 19.2. The normalized spacial score (nSPS) is 27.2. The summed E-state index contributed by atoms with van der Waals surface area (Å²) in [4.78, 5) is 12.0. The first kappa shape index (κ1) is 13.0. The Balaban J connectivity index is 2.20. The Labute approximate surface area is 104 Å². The van der Waals surface area contributed by atoms with Crippen molar-refractivity contribution >= 4 is 5.91 Å². The summed E-state index contributed by atoms with van der Waals surface area (Å²) in [6.07, 6.45) is 0.495. The number of amides is 1. The zero-order valence-corrected chi connectivity index (χ0v) is 10.3. The highest BCUT2D eigenvalue weighted by molar-refractivity contribution is 5.95. The number of ether oxygens (including phenoxy) is 1. The molecule has 0 bridgehead atoms. The number of hydrogen-bond acceptors (Lipinski definition) is 2. The summed E-state index contributed by atoms with van der Waals surface area (Å²) in [5.41, 5.74) is -0.828. The molecule has 2 rings (SSSR count). The summed E-state index contributed by atoms with van der Waals surface area (Å²) in [6, 6.07) is 3.55. The van der Waals surface area contributed by atoms with Gasteiger partial charge in [-0.2, -0.15) is 0 Å². The summed E-state index contributed by atoms with van der Waals surface area (Å²) < 4.78 is 31.9. The van der Waals surface area contributed by atoms with Crippen LogP contribution in [-0.4, -0.2) is 24.2 Å². The van der Waals surface area contributed by atoms with Crippen LogP contribution in [0.3, 0.4) is 0 Å². The van der Waals surface area contributed by atoms with Crippen LogP contribution in [0.4, 0.5) is 8.78 Å². The van der Waals surface area contributed by atoms with Crippen LogP contribution in [-0.2, 0) is 4.74 Å². The lowest BCUT2D eigenvalue weighted by Gasteiger charge is -2.28. The van der Waals surface area contributed by atoms with E-state index in [1.54, 1.807) is 0 Å². The van der Waals surface area contributed by atoms with Crippen molar-refractivity contribution in [2.75, 3.05) is 6.61 Å². The molecule has 1 heterocycles. The van der Waals surface area contributed by atoms with E-state index in [9.17, 15) is 13.6 Å². The first-order valence-electron chi connectivity index (χ1n) is 5.82. The molecule has 3 nitrogen and oxygen atoms in total. The summed E-state index contributed by atoms with van der Waals surface area (Å²) in [5.74, 6) is -2.76. The molecule has 1 aromatic carbocycles. The molecule has 1 aliphatic rings. The van der Waals surface area contributed by atoms with Gasteiger partial charge in [0.15, 0.2) is 11.6 Å². The second-order valence-electron chi connectivity index (χ2n) is 4.74. The Morgan fingerprint density at radius 1 is 1.50 bits per heavy atom. The van der Waals surface area contributed by atoms with Crippen molar-refractivity contribution in [3.05, 3.63) is 35.4 Å². The molecule has 5 heteroatoms. The van der Waals surface area contributed by atoms with Crippen LogP contribution in [0.5, 0.6) is 0 Å². The molecule has 98 valence electrons. The van der Waals surface area contributed by atoms with E-state index in [-0.39, 0.29) is 11.7 Å². The van der Waals surface area contributed by atoms with Crippen molar-refractivity contribution in [1.82, 2.24) is 5.32 Å². The maximum atomic E-state index is 13.5. The van der Waals surface area contributed by atoms with Gasteiger partial charge in [0.25, 0.3) is 5.91 Å². The molecule has 1 N–H and O–H groups in total. The molecular weight excluding hydrogens is 240 g/mol. The number of carbonyl (C=O) groups excluding carboxylic acids is 1. The number of hydrogen-bond donors (Lipinski definition) is 1. The Kier molecular flexibility index (Phi) is 3.34. The van der Waals surface area contributed by atoms with Gasteiger partial charge in [0, 0.05) is 6.61 Å². The average Bonchev–Trinajstić information content (AvgIpc) is 2.62. The molecule has 0 saturated carbocycles. The number of carbonyl (C=O) groups is 1. The summed E-state index contributed by atoms with van der Waals surface area (Å²) in [5, 5.41) is 2.72. The molecular formula is C13H15F2NO2. The van der Waals surface area contributed by atoms with E-state index < -0.39 is 23.1 Å². The maximum Gasteiger partial charge on any atom is 0.254 e. The minimum absolute atomic E-state index is 0.155. The predicted octanol–water partition coefficient (Wildman–Crippen LogP) is 2.26. The molecule has 1 fully saturated rings. The third kappa shape index (κ3) is 2.22. The van der Waals surface area contributed by atoms with Crippen molar-refractivity contribution in [3.63, 3.8) is 0 Å². The van der Waals surface area contributed by atoms with Gasteiger partial charge in [-0.25, -0.2) is 8.78 Å². The van der Waals surface area contributed by atoms with Crippen LogP contribution in [0.1, 0.15) is 30.6 Å². The molecule has 1 aromatic rings. The first-order valence-corrected chi connectivity index (χ1v) is 5.82. The summed E-state index contributed by atoms with van der Waals surface area (Å²) in [6.45, 7) is 4.22. The van der Waals surface area contributed by atoms with Crippen LogP contribution in [0, 0.1) is 11.6 Å². The number of benzene rings is 1. The van der Waals surface area contributed by atoms with Crippen LogP contribution >= 0.6 is 0 Å². The lowest BCUT2D eigenvalue weighted by atomic mass is 9.94. The smallest absolute Gasteiger partial charge is 0.254 e. The summed E-state index contributed by atoms with van der Waals surface area (Å²) in [7, 11) is 0. The molecule has 1 amide bonds. The van der Waals surface area contributed by atoms with E-state index in [0.717, 1.165) is 6.07 Å². The maximum absolute atomic E-state index is 13.5. The summed E-state index contributed by atoms with van der Waals surface area (Å²) >= 11 is 0. The second kappa shape index (κ2) is 4.65. The zero-order valence-electron chi connectivity index (χ0n) is 10.3. The van der Waals surface area contributed by atoms with Gasteiger partial charge in [0.1, 0.15) is 0 Å². The molecule has 2 atom stereocenters. The van der Waals surface area contributed by atoms with E-state index in [2.05, 4.69) is 5.32 Å². The Morgan fingerprint density at radius 3 is 2.83 bits per heavy atom. The number of rotatable bonds is 2. The largest absolute Gasteiger partial charge is 0.376 e. The molecule has 0 aliphatic carbocycles. The fraction of sp³-hybridized carbons (Fsp3) is 0.462. The SMILES string of the molecule is CC1OCCC1(C)NC(=O)c1cccc(F)c1F. The van der Waals surface area contributed by atoms with Crippen LogP contribution in [0.2, 0.25) is 0 Å². The van der Waals surface area contributed by atoms with Gasteiger partial charge >= 0.3 is 0 Å². The van der Waals surface area contributed by atoms with E-state index >= 15 is 0 Å². The fourth-order valence-electron chi connectivity index (χ4n) is 2.00. The van der Waals surface area contributed by atoms with Crippen molar-refractivity contribution < 1.29 is 18.3 Å². The van der Waals surface area contributed by atoms with E-state index in [4.69, 9.17) is 4.74 Å². The van der Waals surface area contributed by atoms with Gasteiger partial charge < -0.3 is 10.1 Å². The molecule has 1 aliphatic heterocycles. The molecule has 1 saturated heterocycles. The van der Waals surface area contributed by atoms with Gasteiger partial charge in [-0.1, -0.05) is 6.07 Å². The minimum atomic E-state index is -1.12. The average molecular weight is 255 g/mol. The monoisotopic (exact) mass is 255 g/mol. The third-order valence-corrected chi connectivity index (χ3v) is 3.48. The van der Waals surface area contributed by atoms with E-state index in [1.165, 1.54) is 12.1 Å². The lowest BCUT2D eigenvalue weighted by Crippen LogP contribution is -2.50. The van der Waals surface area contributed by atoms with Gasteiger partial charge in [-0.15, -0.1) is 0 Å². The Morgan fingerprint density at radius 2 is 2.22 bits per heavy atom. The predicted molar refractivity (Wildman–Crippen MR) is 62.3 cm³/mol.